The van der Waals surface area contributed by atoms with Gasteiger partial charge in [-0.05, 0) is 0 Å². The van der Waals surface area contributed by atoms with Crippen LogP contribution in [-0.2, 0) is 4.74 Å². The molecule has 0 aliphatic carbocycles. The lowest BCUT2D eigenvalue weighted by atomic mass is 10.7. The van der Waals surface area contributed by atoms with Crippen LogP contribution in [0.2, 0.25) is 0 Å². The molecule has 0 aromatic rings. The van der Waals surface area contributed by atoms with Crippen molar-refractivity contribution in [1.82, 2.24) is 9.80 Å². The van der Waals surface area contributed by atoms with Gasteiger partial charge in [-0.15, -0.1) is 0 Å². The average Bonchev–Trinajstić information content (AvgIpc) is 2.09. The number of hydrogen-bond donors (Lipinski definition) is 0. The van der Waals surface area contributed by atoms with E-state index in [2.05, 4.69) is 0 Å². The Labute approximate surface area is 59.7 Å². The maximum Gasteiger partial charge on any atom is 0.251 e. The van der Waals surface area contributed by atoms with Crippen LogP contribution in [0.15, 0.2) is 11.8 Å². The fraction of sp³-hybridized carbons (Fsp3) is 0.667. The van der Waals surface area contributed by atoms with Gasteiger partial charge in [0.2, 0.25) is 5.88 Å². The Morgan fingerprint density at radius 2 is 2.00 bits per heavy atom. The highest BCUT2D eigenvalue weighted by Gasteiger charge is 2.24. The molecule has 1 heterocycles. The molecule has 0 aromatic carbocycles. The van der Waals surface area contributed by atoms with Crippen LogP contribution in [0, 0.1) is 0 Å². The van der Waals surface area contributed by atoms with Crippen LogP contribution < -0.4 is 0 Å². The second kappa shape index (κ2) is 2.36. The van der Waals surface area contributed by atoms with E-state index in [9.17, 15) is 4.39 Å². The molecular formula is C6H11FN2O. The summed E-state index contributed by atoms with van der Waals surface area (Å²) in [7, 11) is 4.92. The fourth-order valence-corrected chi connectivity index (χ4v) is 1.01. The van der Waals surface area contributed by atoms with Gasteiger partial charge in [0, 0.05) is 14.1 Å². The highest BCUT2D eigenvalue weighted by molar-refractivity contribution is 5.03. The van der Waals surface area contributed by atoms with Gasteiger partial charge in [0.1, 0.15) is 0 Å². The van der Waals surface area contributed by atoms with Crippen LogP contribution in [0.3, 0.4) is 0 Å². The molecule has 58 valence electrons. The predicted molar refractivity (Wildman–Crippen MR) is 35.5 cm³/mol. The van der Waals surface area contributed by atoms with Crippen molar-refractivity contribution in [3.05, 3.63) is 11.8 Å². The molecule has 0 radical (unpaired) electrons. The molecule has 1 aliphatic heterocycles. The molecule has 0 atom stereocenters. The second-order valence-electron chi connectivity index (χ2n) is 2.34. The summed E-state index contributed by atoms with van der Waals surface area (Å²) in [5, 5.41) is 0. The minimum Gasteiger partial charge on any atom is -0.479 e. The first-order valence-corrected chi connectivity index (χ1v) is 3.03. The molecule has 0 saturated heterocycles. The van der Waals surface area contributed by atoms with E-state index >= 15 is 0 Å². The molecule has 0 unspecified atom stereocenters. The van der Waals surface area contributed by atoms with Crippen LogP contribution in [0.25, 0.3) is 0 Å². The van der Waals surface area contributed by atoms with Gasteiger partial charge >= 0.3 is 0 Å². The summed E-state index contributed by atoms with van der Waals surface area (Å²) in [4.78, 5) is 3.19. The van der Waals surface area contributed by atoms with E-state index in [1.165, 1.54) is 12.0 Å². The Kier molecular flexibility index (Phi) is 1.70. The van der Waals surface area contributed by atoms with E-state index in [4.69, 9.17) is 4.74 Å². The molecule has 0 aromatic heterocycles. The molecule has 4 heteroatoms. The van der Waals surface area contributed by atoms with Crippen molar-refractivity contribution in [3.63, 3.8) is 0 Å². The maximum atomic E-state index is 12.9. The molecule has 3 nitrogen and oxygen atoms in total. The van der Waals surface area contributed by atoms with Crippen molar-refractivity contribution >= 4 is 0 Å². The number of methoxy groups -OCH3 is 1. The van der Waals surface area contributed by atoms with Crippen LogP contribution in [0.1, 0.15) is 0 Å². The van der Waals surface area contributed by atoms with Gasteiger partial charge in [0.25, 0.3) is 5.95 Å². The quantitative estimate of drug-likeness (QED) is 0.503. The van der Waals surface area contributed by atoms with Gasteiger partial charge in [-0.25, -0.2) is 0 Å². The lowest BCUT2D eigenvalue weighted by Crippen LogP contribution is -2.21. The zero-order valence-electron chi connectivity index (χ0n) is 6.39. The number of hydrogen-bond acceptors (Lipinski definition) is 3. The molecule has 1 aliphatic rings. The van der Waals surface area contributed by atoms with Gasteiger partial charge in [-0.1, -0.05) is 0 Å². The van der Waals surface area contributed by atoms with E-state index < -0.39 is 0 Å². The first-order valence-electron chi connectivity index (χ1n) is 3.03. The van der Waals surface area contributed by atoms with Crippen LogP contribution in [-0.4, -0.2) is 37.7 Å². The zero-order chi connectivity index (χ0) is 7.72. The van der Waals surface area contributed by atoms with E-state index in [1.807, 2.05) is 0 Å². The highest BCUT2D eigenvalue weighted by Crippen LogP contribution is 2.21. The van der Waals surface area contributed by atoms with Gasteiger partial charge in [-0.2, -0.15) is 4.39 Å². The summed E-state index contributed by atoms with van der Waals surface area (Å²) >= 11 is 0. The summed E-state index contributed by atoms with van der Waals surface area (Å²) in [6, 6.07) is 0. The van der Waals surface area contributed by atoms with E-state index in [1.54, 1.807) is 19.0 Å². The summed E-state index contributed by atoms with van der Waals surface area (Å²) in [6.07, 6.45) is 0. The minimum absolute atomic E-state index is 0.301. The Morgan fingerprint density at radius 3 is 2.20 bits per heavy atom. The third kappa shape index (κ3) is 0.894. The predicted octanol–water partition coefficient (Wildman–Crippen LogP) is 0.564. The standard InChI is InChI=1S/C6H11FN2O/c1-8-4-9(2)6(10-3)5(8)7/h4H2,1-3H3. The summed E-state index contributed by atoms with van der Waals surface area (Å²) in [5.41, 5.74) is 0. The highest BCUT2D eigenvalue weighted by atomic mass is 19.1. The number of rotatable bonds is 1. The summed E-state index contributed by atoms with van der Waals surface area (Å²) < 4.78 is 17.7. The van der Waals surface area contributed by atoms with Gasteiger partial charge in [-0.3, -0.25) is 0 Å². The number of nitrogens with zero attached hydrogens (tertiary/aromatic N) is 2. The SMILES string of the molecule is COC1=C(F)N(C)CN1C. The monoisotopic (exact) mass is 146 g/mol. The first-order chi connectivity index (χ1) is 4.66. The van der Waals surface area contributed by atoms with Crippen molar-refractivity contribution < 1.29 is 9.13 Å². The lowest BCUT2D eigenvalue weighted by Gasteiger charge is -2.13. The fourth-order valence-electron chi connectivity index (χ4n) is 1.01. The average molecular weight is 146 g/mol. The van der Waals surface area contributed by atoms with Crippen LogP contribution in [0.4, 0.5) is 4.39 Å². The Balaban J connectivity index is 2.79. The van der Waals surface area contributed by atoms with Crippen molar-refractivity contribution in [2.75, 3.05) is 27.9 Å². The Bertz CT molecular complexity index is 169. The van der Waals surface area contributed by atoms with Crippen molar-refractivity contribution in [3.8, 4) is 0 Å². The molecule has 10 heavy (non-hydrogen) atoms. The van der Waals surface area contributed by atoms with E-state index in [0.29, 0.717) is 12.6 Å². The number of halogens is 1. The Hall–Kier alpha value is -0.930. The molecule has 1 rings (SSSR count). The zero-order valence-corrected chi connectivity index (χ0v) is 6.39. The molecular weight excluding hydrogens is 135 g/mol. The molecule has 0 saturated carbocycles. The first kappa shape index (κ1) is 7.18. The van der Waals surface area contributed by atoms with Crippen LogP contribution >= 0.6 is 0 Å². The molecule has 0 fully saturated rings. The van der Waals surface area contributed by atoms with E-state index in [0.717, 1.165) is 0 Å². The Morgan fingerprint density at radius 1 is 1.40 bits per heavy atom. The van der Waals surface area contributed by atoms with Crippen molar-refractivity contribution in [2.24, 2.45) is 0 Å². The smallest absolute Gasteiger partial charge is 0.251 e. The van der Waals surface area contributed by atoms with Crippen LogP contribution in [0.5, 0.6) is 0 Å². The second-order valence-corrected chi connectivity index (χ2v) is 2.34. The maximum absolute atomic E-state index is 12.9. The normalized spacial score (nSPS) is 18.8. The van der Waals surface area contributed by atoms with E-state index in [-0.39, 0.29) is 5.95 Å². The molecule has 0 spiro atoms. The lowest BCUT2D eigenvalue weighted by molar-refractivity contribution is 0.178. The third-order valence-electron chi connectivity index (χ3n) is 1.48. The largest absolute Gasteiger partial charge is 0.479 e. The third-order valence-corrected chi connectivity index (χ3v) is 1.48. The van der Waals surface area contributed by atoms with Crippen molar-refractivity contribution in [1.29, 1.82) is 0 Å². The number of ether oxygens (including phenoxy) is 1. The van der Waals surface area contributed by atoms with Crippen molar-refractivity contribution in [2.45, 2.75) is 0 Å². The molecule has 0 bridgehead atoms. The molecule has 0 N–H and O–H groups in total. The topological polar surface area (TPSA) is 15.7 Å². The van der Waals surface area contributed by atoms with Gasteiger partial charge < -0.3 is 14.5 Å². The summed E-state index contributed by atoms with van der Waals surface area (Å²) in [6.45, 7) is 0.551. The minimum atomic E-state index is -0.301. The summed E-state index contributed by atoms with van der Waals surface area (Å²) in [5.74, 6) is 0.00694. The van der Waals surface area contributed by atoms with Gasteiger partial charge in [0.05, 0.1) is 13.8 Å². The van der Waals surface area contributed by atoms with Gasteiger partial charge in [0.15, 0.2) is 0 Å². The molecule has 0 amide bonds.